The second-order valence-electron chi connectivity index (χ2n) is 4.36. The summed E-state index contributed by atoms with van der Waals surface area (Å²) >= 11 is 0. The predicted octanol–water partition coefficient (Wildman–Crippen LogP) is 1.000. The summed E-state index contributed by atoms with van der Waals surface area (Å²) in [5.74, 6) is -0.691. The van der Waals surface area contributed by atoms with Crippen LogP contribution in [0.3, 0.4) is 0 Å². The third-order valence-electron chi connectivity index (χ3n) is 2.76. The molecule has 0 bridgehead atoms. The maximum absolute atomic E-state index is 11.9. The van der Waals surface area contributed by atoms with E-state index in [0.29, 0.717) is 13.0 Å². The van der Waals surface area contributed by atoms with E-state index in [-0.39, 0.29) is 24.9 Å². The number of ether oxygens (including phenoxy) is 1. The van der Waals surface area contributed by atoms with Crippen LogP contribution in [0.1, 0.15) is 12.5 Å². The van der Waals surface area contributed by atoms with Crippen molar-refractivity contribution in [1.29, 1.82) is 0 Å². The van der Waals surface area contributed by atoms with Crippen LogP contribution in [0.2, 0.25) is 0 Å². The van der Waals surface area contributed by atoms with Crippen molar-refractivity contribution in [3.63, 3.8) is 0 Å². The number of amides is 1. The molecule has 6 heteroatoms. The van der Waals surface area contributed by atoms with Crippen molar-refractivity contribution in [2.24, 2.45) is 5.73 Å². The van der Waals surface area contributed by atoms with Crippen LogP contribution in [-0.2, 0) is 20.7 Å². The molecule has 112 valence electrons. The molecule has 0 saturated carbocycles. The molecule has 1 atom stereocenters. The number of hydrogen-bond donors (Lipinski definition) is 1. The van der Waals surface area contributed by atoms with Crippen LogP contribution >= 0.6 is 12.4 Å². The minimum atomic E-state index is -0.625. The lowest BCUT2D eigenvalue weighted by Gasteiger charge is -2.23. The fourth-order valence-electron chi connectivity index (χ4n) is 1.68. The van der Waals surface area contributed by atoms with Crippen LogP contribution in [0.25, 0.3) is 0 Å². The van der Waals surface area contributed by atoms with Crippen molar-refractivity contribution in [3.8, 4) is 0 Å². The molecule has 1 aromatic carbocycles. The summed E-state index contributed by atoms with van der Waals surface area (Å²) in [6.45, 7) is 1.98. The number of methoxy groups -OCH3 is 1. The molecule has 1 unspecified atom stereocenters. The molecule has 0 fully saturated rings. The van der Waals surface area contributed by atoms with Crippen molar-refractivity contribution in [2.75, 3.05) is 20.2 Å². The fraction of sp³-hybridized carbons (Fsp3) is 0.429. The Balaban J connectivity index is 0.00000361. The molecule has 5 nitrogen and oxygen atoms in total. The minimum absolute atomic E-state index is 0. The van der Waals surface area contributed by atoms with E-state index in [4.69, 9.17) is 5.73 Å². The lowest BCUT2D eigenvalue weighted by Crippen LogP contribution is -2.45. The molecular formula is C14H21ClN2O3. The average Bonchev–Trinajstić information content (AvgIpc) is 2.43. The first-order chi connectivity index (χ1) is 9.04. The van der Waals surface area contributed by atoms with Crippen LogP contribution in [0, 0.1) is 0 Å². The summed E-state index contributed by atoms with van der Waals surface area (Å²) in [6.07, 6.45) is 0.677. The lowest BCUT2D eigenvalue weighted by molar-refractivity contribution is -0.147. The third-order valence-corrected chi connectivity index (χ3v) is 2.76. The summed E-state index contributed by atoms with van der Waals surface area (Å²) in [6, 6.07) is 9.14. The van der Waals surface area contributed by atoms with Crippen molar-refractivity contribution >= 4 is 24.3 Å². The average molecular weight is 301 g/mol. The molecule has 0 radical (unpaired) electrons. The molecule has 0 aromatic heterocycles. The van der Waals surface area contributed by atoms with Crippen molar-refractivity contribution in [3.05, 3.63) is 35.9 Å². The summed E-state index contributed by atoms with van der Waals surface area (Å²) < 4.78 is 4.59. The zero-order valence-electron chi connectivity index (χ0n) is 11.7. The molecule has 20 heavy (non-hydrogen) atoms. The second kappa shape index (κ2) is 9.34. The highest BCUT2D eigenvalue weighted by molar-refractivity contribution is 5.85. The quantitative estimate of drug-likeness (QED) is 0.796. The van der Waals surface area contributed by atoms with Gasteiger partial charge >= 0.3 is 5.97 Å². The van der Waals surface area contributed by atoms with Gasteiger partial charge in [-0.2, -0.15) is 0 Å². The van der Waals surface area contributed by atoms with Gasteiger partial charge in [-0.05, 0) is 18.9 Å². The smallest absolute Gasteiger partial charge is 0.325 e. The van der Waals surface area contributed by atoms with Crippen LogP contribution in [-0.4, -0.2) is 43.0 Å². The van der Waals surface area contributed by atoms with Crippen molar-refractivity contribution < 1.29 is 14.3 Å². The Bertz CT molecular complexity index is 424. The molecule has 1 aromatic rings. The largest absolute Gasteiger partial charge is 0.468 e. The van der Waals surface area contributed by atoms with Crippen molar-refractivity contribution in [2.45, 2.75) is 19.4 Å². The Kier molecular flexibility index (Phi) is 8.59. The maximum atomic E-state index is 11.9. The second-order valence-corrected chi connectivity index (χ2v) is 4.36. The predicted molar refractivity (Wildman–Crippen MR) is 79.6 cm³/mol. The van der Waals surface area contributed by atoms with Gasteiger partial charge in [-0.15, -0.1) is 12.4 Å². The summed E-state index contributed by atoms with van der Waals surface area (Å²) in [4.78, 5) is 24.6. The molecular weight excluding hydrogens is 280 g/mol. The fourth-order valence-corrected chi connectivity index (χ4v) is 1.68. The molecule has 1 rings (SSSR count). The first-order valence-corrected chi connectivity index (χ1v) is 6.19. The zero-order chi connectivity index (χ0) is 14.3. The minimum Gasteiger partial charge on any atom is -0.468 e. The standard InChI is InChI=1S/C14H20N2O3.ClH/c1-11(15)14(18)16(10-13(17)19-2)9-8-12-6-4-3-5-7-12;/h3-7,11H,8-10,15H2,1-2H3;1H. The number of benzene rings is 1. The Morgan fingerprint density at radius 3 is 2.40 bits per heavy atom. The van der Waals surface area contributed by atoms with Gasteiger partial charge in [0.15, 0.2) is 0 Å². The Labute approximate surface area is 125 Å². The van der Waals surface area contributed by atoms with E-state index in [9.17, 15) is 9.59 Å². The topological polar surface area (TPSA) is 72.6 Å². The molecule has 0 aliphatic heterocycles. The monoisotopic (exact) mass is 300 g/mol. The zero-order valence-corrected chi connectivity index (χ0v) is 12.6. The number of rotatable bonds is 6. The Hall–Kier alpha value is -1.59. The van der Waals surface area contributed by atoms with E-state index >= 15 is 0 Å². The number of carbonyl (C=O) groups excluding carboxylic acids is 2. The van der Waals surface area contributed by atoms with E-state index in [1.54, 1.807) is 6.92 Å². The van der Waals surface area contributed by atoms with Gasteiger partial charge in [0.1, 0.15) is 6.54 Å². The molecule has 0 aliphatic rings. The van der Waals surface area contributed by atoms with Crippen molar-refractivity contribution in [1.82, 2.24) is 4.90 Å². The van der Waals surface area contributed by atoms with Gasteiger partial charge in [0.25, 0.3) is 0 Å². The molecule has 1 amide bonds. The highest BCUT2D eigenvalue weighted by Crippen LogP contribution is 2.03. The normalized spacial score (nSPS) is 11.2. The highest BCUT2D eigenvalue weighted by atomic mass is 35.5. The van der Waals surface area contributed by atoms with Gasteiger partial charge in [-0.25, -0.2) is 0 Å². The number of nitrogens with two attached hydrogens (primary N) is 1. The summed E-state index contributed by atoms with van der Waals surface area (Å²) in [5.41, 5.74) is 6.69. The van der Waals surface area contributed by atoms with E-state index in [1.807, 2.05) is 30.3 Å². The SMILES string of the molecule is COC(=O)CN(CCc1ccccc1)C(=O)C(C)N.Cl. The molecule has 0 aliphatic carbocycles. The van der Waals surface area contributed by atoms with Gasteiger partial charge in [0.2, 0.25) is 5.91 Å². The van der Waals surface area contributed by atoms with Crippen LogP contribution in [0.5, 0.6) is 0 Å². The Morgan fingerprint density at radius 1 is 1.30 bits per heavy atom. The van der Waals surface area contributed by atoms with Crippen LogP contribution in [0.4, 0.5) is 0 Å². The maximum Gasteiger partial charge on any atom is 0.325 e. The third kappa shape index (κ3) is 6.04. The molecule has 2 N–H and O–H groups in total. The highest BCUT2D eigenvalue weighted by Gasteiger charge is 2.20. The summed E-state index contributed by atoms with van der Waals surface area (Å²) in [5, 5.41) is 0. The summed E-state index contributed by atoms with van der Waals surface area (Å²) in [7, 11) is 1.30. The van der Waals surface area contributed by atoms with Crippen LogP contribution in [0.15, 0.2) is 30.3 Å². The first-order valence-electron chi connectivity index (χ1n) is 6.19. The van der Waals surface area contributed by atoms with Gasteiger partial charge in [-0.3, -0.25) is 9.59 Å². The first kappa shape index (κ1) is 18.4. The van der Waals surface area contributed by atoms with Gasteiger partial charge < -0.3 is 15.4 Å². The Morgan fingerprint density at radius 2 is 1.90 bits per heavy atom. The van der Waals surface area contributed by atoms with Gasteiger partial charge in [0, 0.05) is 6.54 Å². The van der Waals surface area contributed by atoms with Gasteiger partial charge in [-0.1, -0.05) is 30.3 Å². The van der Waals surface area contributed by atoms with Crippen LogP contribution < -0.4 is 5.73 Å². The number of hydrogen-bond acceptors (Lipinski definition) is 4. The van der Waals surface area contributed by atoms with E-state index < -0.39 is 12.0 Å². The van der Waals surface area contributed by atoms with E-state index in [1.165, 1.54) is 12.0 Å². The number of nitrogens with zero attached hydrogens (tertiary/aromatic N) is 1. The number of esters is 1. The number of carbonyl (C=O) groups is 2. The molecule has 0 saturated heterocycles. The lowest BCUT2D eigenvalue weighted by atomic mass is 10.1. The van der Waals surface area contributed by atoms with Gasteiger partial charge in [0.05, 0.1) is 13.2 Å². The molecule has 0 heterocycles. The van der Waals surface area contributed by atoms with E-state index in [2.05, 4.69) is 4.74 Å². The van der Waals surface area contributed by atoms with E-state index in [0.717, 1.165) is 5.56 Å². The number of halogens is 1. The molecule has 0 spiro atoms.